The molecule has 0 fully saturated rings. The number of ether oxygens (including phenoxy) is 1. The van der Waals surface area contributed by atoms with Crippen LogP contribution in [0.3, 0.4) is 0 Å². The highest BCUT2D eigenvalue weighted by molar-refractivity contribution is 7.21. The predicted octanol–water partition coefficient (Wildman–Crippen LogP) is 4.22. The molecule has 0 saturated carbocycles. The van der Waals surface area contributed by atoms with E-state index in [2.05, 4.69) is 0 Å². The van der Waals surface area contributed by atoms with E-state index in [1.54, 1.807) is 0 Å². The second-order valence-electron chi connectivity index (χ2n) is 4.65. The molecule has 106 valence electrons. The Kier molecular flexibility index (Phi) is 3.88. The number of carboxylic acids is 1. The monoisotopic (exact) mass is 298 g/mol. The minimum absolute atomic E-state index is 0.268. The molecule has 0 radical (unpaired) electrons. The molecule has 0 saturated heterocycles. The lowest BCUT2D eigenvalue weighted by Crippen LogP contribution is -2.04. The van der Waals surface area contributed by atoms with E-state index in [-0.39, 0.29) is 4.88 Å². The Hall–Kier alpha value is -2.33. The van der Waals surface area contributed by atoms with Gasteiger partial charge in [0.15, 0.2) is 10.6 Å². The van der Waals surface area contributed by atoms with Gasteiger partial charge < -0.3 is 9.84 Å². The lowest BCUT2D eigenvalue weighted by atomic mass is 10.2. The van der Waals surface area contributed by atoms with E-state index in [1.165, 1.54) is 16.9 Å². The van der Waals surface area contributed by atoms with E-state index in [0.717, 1.165) is 16.5 Å². The van der Waals surface area contributed by atoms with Crippen molar-refractivity contribution in [2.45, 2.75) is 6.42 Å². The van der Waals surface area contributed by atoms with Crippen molar-refractivity contribution in [3.8, 4) is 5.75 Å². The van der Waals surface area contributed by atoms with E-state index >= 15 is 0 Å². The summed E-state index contributed by atoms with van der Waals surface area (Å²) < 4.78 is 6.72. The number of rotatable bonds is 5. The normalized spacial score (nSPS) is 10.7. The van der Waals surface area contributed by atoms with Crippen LogP contribution in [0.1, 0.15) is 15.2 Å². The number of aromatic carboxylic acids is 1. The summed E-state index contributed by atoms with van der Waals surface area (Å²) in [7, 11) is 0. The number of hydrogen-bond acceptors (Lipinski definition) is 3. The highest BCUT2D eigenvalue weighted by Gasteiger charge is 2.18. The Morgan fingerprint density at radius 1 is 1.05 bits per heavy atom. The van der Waals surface area contributed by atoms with Crippen LogP contribution < -0.4 is 4.74 Å². The Bertz CT molecular complexity index is 762. The number of benzene rings is 2. The summed E-state index contributed by atoms with van der Waals surface area (Å²) in [5.41, 5.74) is 1.17. The molecule has 0 aliphatic heterocycles. The zero-order chi connectivity index (χ0) is 14.7. The van der Waals surface area contributed by atoms with Gasteiger partial charge in [-0.15, -0.1) is 11.3 Å². The van der Waals surface area contributed by atoms with Gasteiger partial charge in [0.2, 0.25) is 0 Å². The van der Waals surface area contributed by atoms with Crippen LogP contribution in [0.25, 0.3) is 10.1 Å². The molecule has 0 atom stereocenters. The fourth-order valence-electron chi connectivity index (χ4n) is 2.22. The van der Waals surface area contributed by atoms with Crippen LogP contribution in [0, 0.1) is 0 Å². The van der Waals surface area contributed by atoms with Gasteiger partial charge in [0, 0.05) is 16.5 Å². The van der Waals surface area contributed by atoms with Gasteiger partial charge >= 0.3 is 5.97 Å². The highest BCUT2D eigenvalue weighted by atomic mass is 32.1. The maximum atomic E-state index is 11.4. The van der Waals surface area contributed by atoms with Crippen molar-refractivity contribution < 1.29 is 14.6 Å². The molecule has 1 heterocycles. The molecule has 3 rings (SSSR count). The molecule has 0 amide bonds. The van der Waals surface area contributed by atoms with Crippen molar-refractivity contribution in [2.24, 2.45) is 0 Å². The van der Waals surface area contributed by atoms with Crippen LogP contribution in [0.2, 0.25) is 0 Å². The van der Waals surface area contributed by atoms with Gasteiger partial charge in [0.05, 0.1) is 6.61 Å². The van der Waals surface area contributed by atoms with Crippen LogP contribution in [-0.2, 0) is 6.42 Å². The highest BCUT2D eigenvalue weighted by Crippen LogP contribution is 2.37. The number of fused-ring (bicyclic) bond motifs is 1. The summed E-state index contributed by atoms with van der Waals surface area (Å²) in [6.07, 6.45) is 0.754. The Balaban J connectivity index is 1.82. The van der Waals surface area contributed by atoms with Crippen molar-refractivity contribution >= 4 is 27.4 Å². The molecule has 4 heteroatoms. The van der Waals surface area contributed by atoms with Crippen molar-refractivity contribution in [1.82, 2.24) is 0 Å². The average molecular weight is 298 g/mol. The molecule has 1 aromatic heterocycles. The maximum absolute atomic E-state index is 11.4. The fourth-order valence-corrected chi connectivity index (χ4v) is 3.21. The van der Waals surface area contributed by atoms with Crippen LogP contribution in [0.15, 0.2) is 54.6 Å². The first kappa shape index (κ1) is 13.6. The first-order chi connectivity index (χ1) is 10.3. The van der Waals surface area contributed by atoms with Gasteiger partial charge in [-0.1, -0.05) is 42.5 Å². The first-order valence-corrected chi connectivity index (χ1v) is 7.49. The molecule has 0 aliphatic carbocycles. The topological polar surface area (TPSA) is 46.5 Å². The molecule has 0 bridgehead atoms. The standard InChI is InChI=1S/C17H14O3S/c18-17(19)16-15(13-8-4-5-9-14(13)21-16)20-11-10-12-6-2-1-3-7-12/h1-9H,10-11H2,(H,18,19). The van der Waals surface area contributed by atoms with Crippen LogP contribution in [0.5, 0.6) is 5.75 Å². The van der Waals surface area contributed by atoms with Gasteiger partial charge in [-0.3, -0.25) is 0 Å². The van der Waals surface area contributed by atoms with E-state index in [4.69, 9.17) is 4.74 Å². The second-order valence-corrected chi connectivity index (χ2v) is 5.70. The molecule has 2 aromatic carbocycles. The van der Waals surface area contributed by atoms with Crippen LogP contribution in [0.4, 0.5) is 0 Å². The minimum Gasteiger partial charge on any atom is -0.491 e. The zero-order valence-corrected chi connectivity index (χ0v) is 12.1. The SMILES string of the molecule is O=C(O)c1sc2ccccc2c1OCCc1ccccc1. The lowest BCUT2D eigenvalue weighted by Gasteiger charge is -2.06. The summed E-state index contributed by atoms with van der Waals surface area (Å²) in [5, 5.41) is 10.2. The van der Waals surface area contributed by atoms with Crippen molar-refractivity contribution in [3.05, 3.63) is 65.0 Å². The van der Waals surface area contributed by atoms with E-state index in [0.29, 0.717) is 12.4 Å². The third-order valence-electron chi connectivity index (χ3n) is 3.22. The van der Waals surface area contributed by atoms with Crippen LogP contribution >= 0.6 is 11.3 Å². The third-order valence-corrected chi connectivity index (χ3v) is 4.36. The van der Waals surface area contributed by atoms with E-state index in [1.807, 2.05) is 54.6 Å². The molecular formula is C17H14O3S. The average Bonchev–Trinajstić information content (AvgIpc) is 2.88. The number of carboxylic acid groups (broad SMARTS) is 1. The quantitative estimate of drug-likeness (QED) is 0.767. The number of thiophene rings is 1. The van der Waals surface area contributed by atoms with E-state index in [9.17, 15) is 9.90 Å². The molecular weight excluding hydrogens is 284 g/mol. The number of hydrogen-bond donors (Lipinski definition) is 1. The second kappa shape index (κ2) is 5.97. The Morgan fingerprint density at radius 3 is 2.52 bits per heavy atom. The molecule has 1 N–H and O–H groups in total. The van der Waals surface area contributed by atoms with Crippen LogP contribution in [-0.4, -0.2) is 17.7 Å². The summed E-state index contributed by atoms with van der Waals surface area (Å²) >= 11 is 1.25. The molecule has 0 spiro atoms. The zero-order valence-electron chi connectivity index (χ0n) is 11.3. The summed E-state index contributed by atoms with van der Waals surface area (Å²) in [4.78, 5) is 11.6. The minimum atomic E-state index is -0.939. The molecule has 0 unspecified atom stereocenters. The fraction of sp³-hybridized carbons (Fsp3) is 0.118. The summed E-state index contributed by atoms with van der Waals surface area (Å²) in [6.45, 7) is 0.463. The maximum Gasteiger partial charge on any atom is 0.349 e. The van der Waals surface area contributed by atoms with E-state index < -0.39 is 5.97 Å². The Morgan fingerprint density at radius 2 is 1.76 bits per heavy atom. The number of carbonyl (C=O) groups is 1. The smallest absolute Gasteiger partial charge is 0.349 e. The molecule has 21 heavy (non-hydrogen) atoms. The van der Waals surface area contributed by atoms with Gasteiger partial charge in [-0.05, 0) is 17.7 Å². The van der Waals surface area contributed by atoms with Gasteiger partial charge in [0.1, 0.15) is 0 Å². The Labute approximate surface area is 126 Å². The molecule has 3 aromatic rings. The van der Waals surface area contributed by atoms with Gasteiger partial charge in [-0.2, -0.15) is 0 Å². The third kappa shape index (κ3) is 2.90. The first-order valence-electron chi connectivity index (χ1n) is 6.67. The molecule has 0 aliphatic rings. The largest absolute Gasteiger partial charge is 0.491 e. The van der Waals surface area contributed by atoms with Crippen molar-refractivity contribution in [2.75, 3.05) is 6.61 Å². The predicted molar refractivity (Wildman–Crippen MR) is 84.4 cm³/mol. The lowest BCUT2D eigenvalue weighted by molar-refractivity contribution is 0.0698. The van der Waals surface area contributed by atoms with Gasteiger partial charge in [-0.25, -0.2) is 4.79 Å². The molecule has 3 nitrogen and oxygen atoms in total. The van der Waals surface area contributed by atoms with Crippen molar-refractivity contribution in [3.63, 3.8) is 0 Å². The summed E-state index contributed by atoms with van der Waals surface area (Å²) in [5.74, 6) is -0.454. The van der Waals surface area contributed by atoms with Crippen molar-refractivity contribution in [1.29, 1.82) is 0 Å². The van der Waals surface area contributed by atoms with Gasteiger partial charge in [0.25, 0.3) is 0 Å². The summed E-state index contributed by atoms with van der Waals surface area (Å²) in [6, 6.07) is 17.6.